The fourth-order valence-corrected chi connectivity index (χ4v) is 1.81. The van der Waals surface area contributed by atoms with E-state index in [9.17, 15) is 9.59 Å². The summed E-state index contributed by atoms with van der Waals surface area (Å²) in [4.78, 5) is 25.0. The van der Waals surface area contributed by atoms with E-state index in [1.54, 1.807) is 0 Å². The predicted molar refractivity (Wildman–Crippen MR) is 65.3 cm³/mol. The third-order valence-electron chi connectivity index (χ3n) is 2.96. The summed E-state index contributed by atoms with van der Waals surface area (Å²) in [6.07, 6.45) is 1.39. The number of hydrogen-bond acceptors (Lipinski definition) is 4. The van der Waals surface area contributed by atoms with Gasteiger partial charge in [-0.15, -0.1) is 0 Å². The second kappa shape index (κ2) is 5.30. The van der Waals surface area contributed by atoms with Gasteiger partial charge in [0, 0.05) is 25.7 Å². The lowest BCUT2D eigenvalue weighted by molar-refractivity contribution is 0.00533. The Kier molecular flexibility index (Phi) is 3.76. The Bertz CT molecular complexity index is 492. The summed E-state index contributed by atoms with van der Waals surface area (Å²) in [6.45, 7) is 3.24. The van der Waals surface area contributed by atoms with E-state index in [1.807, 2.05) is 6.92 Å². The quantitative estimate of drug-likeness (QED) is 0.808. The van der Waals surface area contributed by atoms with Crippen molar-refractivity contribution in [1.29, 1.82) is 0 Å². The molecule has 0 atom stereocenters. The maximum atomic E-state index is 11.9. The van der Waals surface area contributed by atoms with Crippen LogP contribution in [-0.4, -0.2) is 44.9 Å². The zero-order valence-electron chi connectivity index (χ0n) is 10.4. The van der Waals surface area contributed by atoms with E-state index in [-0.39, 0.29) is 17.2 Å². The van der Waals surface area contributed by atoms with E-state index in [0.29, 0.717) is 19.6 Å². The third-order valence-corrected chi connectivity index (χ3v) is 2.96. The Hall–Kier alpha value is -1.69. The van der Waals surface area contributed by atoms with Gasteiger partial charge in [-0.1, -0.05) is 13.3 Å². The van der Waals surface area contributed by atoms with Gasteiger partial charge in [-0.05, 0) is 12.5 Å². The number of aliphatic hydroxyl groups is 1. The van der Waals surface area contributed by atoms with Crippen LogP contribution >= 0.6 is 0 Å². The number of carbonyl (C=O) groups is 1. The van der Waals surface area contributed by atoms with E-state index in [1.165, 1.54) is 21.7 Å². The van der Waals surface area contributed by atoms with E-state index >= 15 is 0 Å². The Morgan fingerprint density at radius 2 is 2.22 bits per heavy atom. The Morgan fingerprint density at radius 1 is 1.50 bits per heavy atom. The smallest absolute Gasteiger partial charge is 0.274 e. The highest BCUT2D eigenvalue weighted by Crippen LogP contribution is 2.10. The van der Waals surface area contributed by atoms with E-state index in [0.717, 1.165) is 12.8 Å². The van der Waals surface area contributed by atoms with Gasteiger partial charge in [0.1, 0.15) is 5.69 Å². The van der Waals surface area contributed by atoms with Crippen LogP contribution in [0.3, 0.4) is 0 Å². The fourth-order valence-electron chi connectivity index (χ4n) is 1.81. The molecule has 1 N–H and O–H groups in total. The predicted octanol–water partition coefficient (Wildman–Crippen LogP) is -0.140. The monoisotopic (exact) mass is 251 g/mol. The van der Waals surface area contributed by atoms with Gasteiger partial charge in [-0.2, -0.15) is 5.10 Å². The lowest BCUT2D eigenvalue weighted by Crippen LogP contribution is -2.53. The highest BCUT2D eigenvalue weighted by molar-refractivity contribution is 5.92. The van der Waals surface area contributed by atoms with E-state index in [4.69, 9.17) is 5.11 Å². The highest BCUT2D eigenvalue weighted by Gasteiger charge is 2.30. The molecule has 0 aliphatic carbocycles. The average Bonchev–Trinajstić information content (AvgIpc) is 2.33. The number of carbonyl (C=O) groups excluding carboxylic acids is 1. The molecule has 2 rings (SSSR count). The Morgan fingerprint density at radius 3 is 2.83 bits per heavy atom. The molecule has 6 heteroatoms. The van der Waals surface area contributed by atoms with Crippen LogP contribution in [0, 0.1) is 0 Å². The normalized spacial score (nSPS) is 15.6. The van der Waals surface area contributed by atoms with E-state index < -0.39 is 6.10 Å². The lowest BCUT2D eigenvalue weighted by atomic mass is 10.1. The number of unbranched alkanes of at least 4 members (excludes halogenated alkanes) is 1. The molecule has 0 spiro atoms. The van der Waals surface area contributed by atoms with Crippen LogP contribution in [0.5, 0.6) is 0 Å². The van der Waals surface area contributed by atoms with Gasteiger partial charge >= 0.3 is 0 Å². The molecular weight excluding hydrogens is 234 g/mol. The molecule has 2 heterocycles. The number of amides is 1. The van der Waals surface area contributed by atoms with Gasteiger partial charge in [0.2, 0.25) is 0 Å². The summed E-state index contributed by atoms with van der Waals surface area (Å²) >= 11 is 0. The molecule has 0 bridgehead atoms. The zero-order valence-corrected chi connectivity index (χ0v) is 10.4. The maximum Gasteiger partial charge on any atom is 0.274 e. The minimum Gasteiger partial charge on any atom is -0.389 e. The molecule has 1 saturated heterocycles. The van der Waals surface area contributed by atoms with Crippen LogP contribution < -0.4 is 5.56 Å². The molecule has 0 aromatic carbocycles. The van der Waals surface area contributed by atoms with E-state index in [2.05, 4.69) is 5.10 Å². The van der Waals surface area contributed by atoms with Crippen LogP contribution in [0.15, 0.2) is 16.9 Å². The van der Waals surface area contributed by atoms with Crippen molar-refractivity contribution < 1.29 is 9.90 Å². The van der Waals surface area contributed by atoms with Gasteiger partial charge in [-0.25, -0.2) is 4.68 Å². The first-order valence-electron chi connectivity index (χ1n) is 6.17. The first-order chi connectivity index (χ1) is 8.61. The SMILES string of the molecule is CCCCn1nc(C(=O)N2CC(O)C2)ccc1=O. The summed E-state index contributed by atoms with van der Waals surface area (Å²) < 4.78 is 1.33. The number of aliphatic hydroxyl groups excluding tert-OH is 1. The number of aryl methyl sites for hydroxylation is 1. The molecule has 6 nitrogen and oxygen atoms in total. The molecule has 1 fully saturated rings. The van der Waals surface area contributed by atoms with Crippen molar-refractivity contribution in [3.8, 4) is 0 Å². The van der Waals surface area contributed by atoms with Crippen LogP contribution in [0.1, 0.15) is 30.3 Å². The molecule has 1 aromatic rings. The van der Waals surface area contributed by atoms with Crippen LogP contribution in [-0.2, 0) is 6.54 Å². The van der Waals surface area contributed by atoms with Crippen molar-refractivity contribution in [2.24, 2.45) is 0 Å². The van der Waals surface area contributed by atoms with Crippen molar-refractivity contribution in [1.82, 2.24) is 14.7 Å². The summed E-state index contributed by atoms with van der Waals surface area (Å²) in [5, 5.41) is 13.2. The summed E-state index contributed by atoms with van der Waals surface area (Å²) in [5.41, 5.74) is 0.0706. The molecule has 0 unspecified atom stereocenters. The second-order valence-corrected chi connectivity index (χ2v) is 4.50. The Labute approximate surface area is 105 Å². The van der Waals surface area contributed by atoms with Crippen molar-refractivity contribution in [3.05, 3.63) is 28.2 Å². The summed E-state index contributed by atoms with van der Waals surface area (Å²) in [5.74, 6) is -0.231. The van der Waals surface area contributed by atoms with Crippen LogP contribution in [0.25, 0.3) is 0 Å². The topological polar surface area (TPSA) is 75.4 Å². The maximum absolute atomic E-state index is 11.9. The van der Waals surface area contributed by atoms with Gasteiger partial charge in [0.15, 0.2) is 0 Å². The average molecular weight is 251 g/mol. The summed E-state index contributed by atoms with van der Waals surface area (Å²) in [6, 6.07) is 2.81. The second-order valence-electron chi connectivity index (χ2n) is 4.50. The summed E-state index contributed by atoms with van der Waals surface area (Å²) in [7, 11) is 0. The standard InChI is InChI=1S/C12H17N3O3/c1-2-3-6-15-11(17)5-4-10(13-15)12(18)14-7-9(16)8-14/h4-5,9,16H,2-3,6-8H2,1H3. The first-order valence-corrected chi connectivity index (χ1v) is 6.17. The van der Waals surface area contributed by atoms with Gasteiger partial charge in [0.25, 0.3) is 11.5 Å². The first kappa shape index (κ1) is 12.8. The van der Waals surface area contributed by atoms with Crippen molar-refractivity contribution >= 4 is 5.91 Å². The molecule has 1 aliphatic rings. The lowest BCUT2D eigenvalue weighted by Gasteiger charge is -2.35. The number of likely N-dealkylation sites (tertiary alicyclic amines) is 1. The molecule has 18 heavy (non-hydrogen) atoms. The minimum atomic E-state index is -0.431. The largest absolute Gasteiger partial charge is 0.389 e. The third kappa shape index (κ3) is 2.59. The number of hydrogen-bond donors (Lipinski definition) is 1. The van der Waals surface area contributed by atoms with Gasteiger partial charge in [-0.3, -0.25) is 9.59 Å². The van der Waals surface area contributed by atoms with Crippen molar-refractivity contribution in [3.63, 3.8) is 0 Å². The van der Waals surface area contributed by atoms with Crippen LogP contribution in [0.2, 0.25) is 0 Å². The van der Waals surface area contributed by atoms with Crippen molar-refractivity contribution in [2.75, 3.05) is 13.1 Å². The molecule has 1 aliphatic heterocycles. The van der Waals surface area contributed by atoms with Gasteiger partial charge in [0.05, 0.1) is 6.10 Å². The fraction of sp³-hybridized carbons (Fsp3) is 0.583. The molecule has 98 valence electrons. The number of nitrogens with zero attached hydrogens (tertiary/aromatic N) is 3. The number of aromatic nitrogens is 2. The van der Waals surface area contributed by atoms with Gasteiger partial charge < -0.3 is 10.0 Å². The van der Waals surface area contributed by atoms with Crippen molar-refractivity contribution in [2.45, 2.75) is 32.4 Å². The molecule has 0 radical (unpaired) electrons. The molecule has 0 saturated carbocycles. The number of β-amino-alcohol motifs (C(OH)–C–C–N with tert-alkyl or cyclic N) is 1. The molecule has 1 amide bonds. The molecular formula is C12H17N3O3. The highest BCUT2D eigenvalue weighted by atomic mass is 16.3. The zero-order chi connectivity index (χ0) is 13.1. The molecule has 1 aromatic heterocycles. The van der Waals surface area contributed by atoms with Crippen LogP contribution in [0.4, 0.5) is 0 Å². The Balaban J connectivity index is 2.13. The number of rotatable bonds is 4. The minimum absolute atomic E-state index is 0.191.